The molecule has 2 aromatic rings. The third-order valence-electron chi connectivity index (χ3n) is 5.98. The van der Waals surface area contributed by atoms with Gasteiger partial charge in [-0.25, -0.2) is 9.78 Å². The van der Waals surface area contributed by atoms with Crippen LogP contribution in [0, 0.1) is 5.41 Å². The topological polar surface area (TPSA) is 73.4 Å². The van der Waals surface area contributed by atoms with Gasteiger partial charge in [-0.1, -0.05) is 13.0 Å². The first-order valence-corrected chi connectivity index (χ1v) is 9.94. The van der Waals surface area contributed by atoms with Crippen molar-refractivity contribution in [2.45, 2.75) is 65.0 Å². The maximum Gasteiger partial charge on any atom is 0.410 e. The van der Waals surface area contributed by atoms with Gasteiger partial charge in [-0.2, -0.15) is 0 Å². The van der Waals surface area contributed by atoms with E-state index < -0.39 is 5.60 Å². The number of fused-ring (bicyclic) bond motifs is 1. The van der Waals surface area contributed by atoms with Crippen LogP contribution in [0.1, 0.15) is 58.6 Å². The van der Waals surface area contributed by atoms with Crippen molar-refractivity contribution in [1.29, 1.82) is 0 Å². The quantitative estimate of drug-likeness (QED) is 0.862. The Balaban J connectivity index is 1.46. The fourth-order valence-electron chi connectivity index (χ4n) is 4.64. The van der Waals surface area contributed by atoms with Gasteiger partial charge in [0.2, 0.25) is 5.95 Å². The monoisotopic (exact) mass is 370 g/mol. The van der Waals surface area contributed by atoms with Crippen LogP contribution in [0.25, 0.3) is 11.0 Å². The molecule has 1 saturated heterocycles. The molecule has 2 heterocycles. The van der Waals surface area contributed by atoms with Crippen molar-refractivity contribution < 1.29 is 9.53 Å². The smallest absolute Gasteiger partial charge is 0.410 e. The summed E-state index contributed by atoms with van der Waals surface area (Å²) in [7, 11) is 0. The Morgan fingerprint density at radius 2 is 2.11 bits per heavy atom. The Bertz CT molecular complexity index is 874. The number of likely N-dealkylation sites (tertiary alicyclic amines) is 1. The molecule has 0 unspecified atom stereocenters. The van der Waals surface area contributed by atoms with Crippen LogP contribution in [0.15, 0.2) is 18.2 Å². The zero-order valence-electron chi connectivity index (χ0n) is 16.8. The number of aromatic nitrogens is 2. The summed E-state index contributed by atoms with van der Waals surface area (Å²) in [6.07, 6.45) is 3.92. The second-order valence-electron chi connectivity index (χ2n) is 9.23. The SMILES string of the molecule is CCc1ccc2c(c1)nc(N)n2C1CC2(CCN(C(=O)OC(C)(C)C)C2)C1. The average Bonchev–Trinajstić information content (AvgIpc) is 3.12. The van der Waals surface area contributed by atoms with Gasteiger partial charge in [0, 0.05) is 19.1 Å². The van der Waals surface area contributed by atoms with E-state index in [9.17, 15) is 4.79 Å². The summed E-state index contributed by atoms with van der Waals surface area (Å²) in [5.74, 6) is 0.597. The maximum absolute atomic E-state index is 12.4. The lowest BCUT2D eigenvalue weighted by Gasteiger charge is -2.46. The van der Waals surface area contributed by atoms with Crippen molar-refractivity contribution in [2.75, 3.05) is 18.8 Å². The van der Waals surface area contributed by atoms with E-state index in [0.717, 1.165) is 49.8 Å². The number of carbonyl (C=O) groups excluding carboxylic acids is 1. The summed E-state index contributed by atoms with van der Waals surface area (Å²) in [6.45, 7) is 9.44. The molecule has 1 saturated carbocycles. The fourth-order valence-corrected chi connectivity index (χ4v) is 4.64. The average molecular weight is 370 g/mol. The van der Waals surface area contributed by atoms with Gasteiger partial charge in [0.1, 0.15) is 5.60 Å². The van der Waals surface area contributed by atoms with Gasteiger partial charge in [0.05, 0.1) is 11.0 Å². The number of aryl methyl sites for hydroxylation is 1. The number of ether oxygens (including phenoxy) is 1. The minimum atomic E-state index is -0.448. The second-order valence-corrected chi connectivity index (χ2v) is 9.23. The lowest BCUT2D eigenvalue weighted by Crippen LogP contribution is -2.43. The molecule has 2 aliphatic rings. The highest BCUT2D eigenvalue weighted by atomic mass is 16.6. The molecule has 6 heteroatoms. The molecule has 4 rings (SSSR count). The number of nitrogens with zero attached hydrogens (tertiary/aromatic N) is 3. The van der Waals surface area contributed by atoms with Crippen molar-refractivity contribution in [3.05, 3.63) is 23.8 Å². The first-order valence-electron chi connectivity index (χ1n) is 9.94. The number of nitrogens with two attached hydrogens (primary N) is 1. The van der Waals surface area contributed by atoms with Gasteiger partial charge in [0.25, 0.3) is 0 Å². The molecule has 1 aromatic heterocycles. The Hall–Kier alpha value is -2.24. The Morgan fingerprint density at radius 1 is 1.37 bits per heavy atom. The van der Waals surface area contributed by atoms with Crippen molar-refractivity contribution in [2.24, 2.45) is 5.41 Å². The first kappa shape index (κ1) is 18.1. The van der Waals surface area contributed by atoms with E-state index in [1.165, 1.54) is 5.56 Å². The van der Waals surface area contributed by atoms with Crippen LogP contribution < -0.4 is 5.73 Å². The lowest BCUT2D eigenvalue weighted by molar-refractivity contribution is 0.0200. The third kappa shape index (κ3) is 3.26. The predicted molar refractivity (Wildman–Crippen MR) is 107 cm³/mol. The molecule has 27 heavy (non-hydrogen) atoms. The summed E-state index contributed by atoms with van der Waals surface area (Å²) in [4.78, 5) is 18.8. The second kappa shape index (κ2) is 6.14. The third-order valence-corrected chi connectivity index (χ3v) is 5.98. The highest BCUT2D eigenvalue weighted by Crippen LogP contribution is 2.55. The van der Waals surface area contributed by atoms with E-state index in [0.29, 0.717) is 12.0 Å². The van der Waals surface area contributed by atoms with Crippen molar-refractivity contribution in [1.82, 2.24) is 14.5 Å². The summed E-state index contributed by atoms with van der Waals surface area (Å²) in [5, 5.41) is 0. The van der Waals surface area contributed by atoms with E-state index >= 15 is 0 Å². The van der Waals surface area contributed by atoms with E-state index in [1.54, 1.807) is 0 Å². The van der Waals surface area contributed by atoms with Crippen LogP contribution in [0.5, 0.6) is 0 Å². The first-order chi connectivity index (χ1) is 12.7. The molecule has 0 radical (unpaired) electrons. The minimum Gasteiger partial charge on any atom is -0.444 e. The molecule has 0 bridgehead atoms. The fraction of sp³-hybridized carbons (Fsp3) is 0.619. The van der Waals surface area contributed by atoms with Gasteiger partial charge in [-0.15, -0.1) is 0 Å². The number of hydrogen-bond acceptors (Lipinski definition) is 4. The largest absolute Gasteiger partial charge is 0.444 e. The summed E-state index contributed by atoms with van der Waals surface area (Å²) >= 11 is 0. The zero-order chi connectivity index (χ0) is 19.4. The molecule has 1 amide bonds. The molecule has 0 atom stereocenters. The molecule has 2 N–H and O–H groups in total. The molecule has 146 valence electrons. The van der Waals surface area contributed by atoms with Gasteiger partial charge in [0.15, 0.2) is 0 Å². The Labute approximate surface area is 160 Å². The molecule has 1 aliphatic heterocycles. The number of amides is 1. The van der Waals surface area contributed by atoms with Crippen LogP contribution in [-0.4, -0.2) is 39.2 Å². The molecule has 1 aliphatic carbocycles. The molecule has 6 nitrogen and oxygen atoms in total. The van der Waals surface area contributed by atoms with Crippen LogP contribution in [0.3, 0.4) is 0 Å². The van der Waals surface area contributed by atoms with Crippen LogP contribution in [0.2, 0.25) is 0 Å². The van der Waals surface area contributed by atoms with Crippen LogP contribution >= 0.6 is 0 Å². The number of anilines is 1. The lowest BCUT2D eigenvalue weighted by atomic mass is 9.65. The summed E-state index contributed by atoms with van der Waals surface area (Å²) < 4.78 is 7.72. The summed E-state index contributed by atoms with van der Waals surface area (Å²) in [5.41, 5.74) is 9.39. The maximum atomic E-state index is 12.4. The number of hydrogen-bond donors (Lipinski definition) is 1. The van der Waals surface area contributed by atoms with Gasteiger partial charge >= 0.3 is 6.09 Å². The number of benzene rings is 1. The number of imidazole rings is 1. The standard InChI is InChI=1S/C21H30N4O2/c1-5-14-6-7-17-16(10-14)23-18(22)25(17)15-11-21(12-15)8-9-24(13-21)19(26)27-20(2,3)4/h6-7,10,15H,5,8-9,11-13H2,1-4H3,(H2,22,23). The van der Waals surface area contributed by atoms with E-state index in [1.807, 2.05) is 25.7 Å². The molecule has 1 spiro atoms. The van der Waals surface area contributed by atoms with Gasteiger partial charge in [-0.3, -0.25) is 0 Å². The zero-order valence-corrected chi connectivity index (χ0v) is 16.8. The molecule has 1 aromatic carbocycles. The Morgan fingerprint density at radius 3 is 2.78 bits per heavy atom. The molecular weight excluding hydrogens is 340 g/mol. The van der Waals surface area contributed by atoms with Crippen molar-refractivity contribution in [3.8, 4) is 0 Å². The van der Waals surface area contributed by atoms with E-state index in [2.05, 4.69) is 34.7 Å². The van der Waals surface area contributed by atoms with Crippen LogP contribution in [-0.2, 0) is 11.2 Å². The highest BCUT2D eigenvalue weighted by Gasteiger charge is 2.51. The molecule has 2 fully saturated rings. The summed E-state index contributed by atoms with van der Waals surface area (Å²) in [6, 6.07) is 6.80. The molecular formula is C21H30N4O2. The van der Waals surface area contributed by atoms with E-state index in [-0.39, 0.29) is 11.5 Å². The van der Waals surface area contributed by atoms with E-state index in [4.69, 9.17) is 10.5 Å². The number of carbonyl (C=O) groups is 1. The van der Waals surface area contributed by atoms with Crippen molar-refractivity contribution in [3.63, 3.8) is 0 Å². The highest BCUT2D eigenvalue weighted by molar-refractivity contribution is 5.79. The van der Waals surface area contributed by atoms with Crippen LogP contribution in [0.4, 0.5) is 10.7 Å². The number of rotatable bonds is 2. The normalized spacial score (nSPS) is 25.2. The van der Waals surface area contributed by atoms with Gasteiger partial charge < -0.3 is 19.9 Å². The predicted octanol–water partition coefficient (Wildman–Crippen LogP) is 4.14. The minimum absolute atomic E-state index is 0.192. The Kier molecular flexibility index (Phi) is 4.13. The van der Waals surface area contributed by atoms with Crippen molar-refractivity contribution >= 4 is 23.1 Å². The van der Waals surface area contributed by atoms with Gasteiger partial charge in [-0.05, 0) is 69.6 Å². The number of nitrogen functional groups attached to an aromatic ring is 1.